The van der Waals surface area contributed by atoms with E-state index < -0.39 is 0 Å². The van der Waals surface area contributed by atoms with E-state index >= 15 is 0 Å². The van der Waals surface area contributed by atoms with Gasteiger partial charge in [-0.25, -0.2) is 4.98 Å². The zero-order valence-electron chi connectivity index (χ0n) is 13.7. The third-order valence-electron chi connectivity index (χ3n) is 3.29. The molecular formula is C18H21ClN2O2. The summed E-state index contributed by atoms with van der Waals surface area (Å²) in [6.07, 6.45) is 4.77. The zero-order chi connectivity index (χ0) is 16.7. The predicted molar refractivity (Wildman–Crippen MR) is 92.9 cm³/mol. The highest BCUT2D eigenvalue weighted by Gasteiger charge is 2.09. The first kappa shape index (κ1) is 17.3. The smallest absolute Gasteiger partial charge is 0.261 e. The average molecular weight is 333 g/mol. The highest BCUT2D eigenvalue weighted by Crippen LogP contribution is 2.26. The lowest BCUT2D eigenvalue weighted by atomic mass is 10.0. The Morgan fingerprint density at radius 3 is 2.57 bits per heavy atom. The van der Waals surface area contributed by atoms with Gasteiger partial charge in [-0.1, -0.05) is 37.3 Å². The Morgan fingerprint density at radius 1 is 1.17 bits per heavy atom. The van der Waals surface area contributed by atoms with Gasteiger partial charge in [0.1, 0.15) is 6.61 Å². The Kier molecular flexibility index (Phi) is 6.41. The van der Waals surface area contributed by atoms with E-state index in [0.717, 1.165) is 12.0 Å². The fourth-order valence-electron chi connectivity index (χ4n) is 2.13. The van der Waals surface area contributed by atoms with Crippen LogP contribution in [0.1, 0.15) is 38.3 Å². The van der Waals surface area contributed by atoms with Gasteiger partial charge < -0.3 is 9.47 Å². The van der Waals surface area contributed by atoms with Crippen LogP contribution in [0.25, 0.3) is 5.57 Å². The maximum absolute atomic E-state index is 5.82. The van der Waals surface area contributed by atoms with Crippen molar-refractivity contribution in [2.45, 2.75) is 33.8 Å². The molecule has 0 amide bonds. The molecule has 2 aromatic rings. The van der Waals surface area contributed by atoms with Crippen LogP contribution >= 0.6 is 11.6 Å². The van der Waals surface area contributed by atoms with E-state index in [1.165, 1.54) is 17.3 Å². The average Bonchev–Trinajstić information content (AvgIpc) is 2.56. The van der Waals surface area contributed by atoms with Crippen LogP contribution in [0.2, 0.25) is 5.28 Å². The SMILES string of the molecule is CC/C=C(/C)c1ccc(COc2nc(Cl)ncc2OCC)cc1. The molecule has 0 atom stereocenters. The summed E-state index contributed by atoms with van der Waals surface area (Å²) in [5.74, 6) is 0.855. The number of ether oxygens (including phenoxy) is 2. The number of nitrogens with zero attached hydrogens (tertiary/aromatic N) is 2. The van der Waals surface area contributed by atoms with Crippen LogP contribution in [0.3, 0.4) is 0 Å². The van der Waals surface area contributed by atoms with Crippen LogP contribution in [-0.2, 0) is 6.61 Å². The normalized spacial score (nSPS) is 11.4. The maximum atomic E-state index is 5.82. The standard InChI is InChI=1S/C18H21ClN2O2/c1-4-6-13(3)15-9-7-14(8-10-15)12-23-17-16(22-5-2)11-20-18(19)21-17/h6-11H,4-5,12H2,1-3H3/b13-6-. The van der Waals surface area contributed by atoms with Crippen LogP contribution in [0, 0.1) is 0 Å². The molecule has 0 saturated carbocycles. The van der Waals surface area contributed by atoms with E-state index in [9.17, 15) is 0 Å². The molecule has 2 rings (SSSR count). The van der Waals surface area contributed by atoms with Crippen molar-refractivity contribution in [3.63, 3.8) is 0 Å². The van der Waals surface area contributed by atoms with Crippen molar-refractivity contribution in [1.82, 2.24) is 9.97 Å². The van der Waals surface area contributed by atoms with Crippen molar-refractivity contribution >= 4 is 17.2 Å². The highest BCUT2D eigenvalue weighted by atomic mass is 35.5. The van der Waals surface area contributed by atoms with Crippen molar-refractivity contribution in [1.29, 1.82) is 0 Å². The molecule has 0 aliphatic heterocycles. The molecular weight excluding hydrogens is 312 g/mol. The summed E-state index contributed by atoms with van der Waals surface area (Å²) in [6, 6.07) is 8.28. The molecule has 0 radical (unpaired) electrons. The summed E-state index contributed by atoms with van der Waals surface area (Å²) >= 11 is 5.82. The topological polar surface area (TPSA) is 44.2 Å². The summed E-state index contributed by atoms with van der Waals surface area (Å²) in [6.45, 7) is 7.05. The van der Waals surface area contributed by atoms with Crippen LogP contribution in [-0.4, -0.2) is 16.6 Å². The second-order valence-corrected chi connectivity index (χ2v) is 5.36. The van der Waals surface area contributed by atoms with Crippen molar-refractivity contribution < 1.29 is 9.47 Å². The van der Waals surface area contributed by atoms with Gasteiger partial charge >= 0.3 is 0 Å². The third kappa shape index (κ3) is 4.96. The van der Waals surface area contributed by atoms with Gasteiger partial charge in [0.05, 0.1) is 12.8 Å². The van der Waals surface area contributed by atoms with Crippen LogP contribution in [0.4, 0.5) is 0 Å². The Balaban J connectivity index is 2.06. The second-order valence-electron chi connectivity index (χ2n) is 5.02. The quantitative estimate of drug-likeness (QED) is 0.675. The first-order valence-corrected chi connectivity index (χ1v) is 8.06. The van der Waals surface area contributed by atoms with Crippen LogP contribution in [0.15, 0.2) is 36.5 Å². The Bertz CT molecular complexity index is 669. The third-order valence-corrected chi connectivity index (χ3v) is 3.47. The molecule has 1 aromatic carbocycles. The molecule has 0 unspecified atom stereocenters. The summed E-state index contributed by atoms with van der Waals surface area (Å²) in [7, 11) is 0. The maximum Gasteiger partial charge on any atom is 0.261 e. The Hall–Kier alpha value is -2.07. The Morgan fingerprint density at radius 2 is 1.91 bits per heavy atom. The van der Waals surface area contributed by atoms with Crippen LogP contribution < -0.4 is 9.47 Å². The molecule has 4 nitrogen and oxygen atoms in total. The van der Waals surface area contributed by atoms with E-state index in [0.29, 0.717) is 24.8 Å². The lowest BCUT2D eigenvalue weighted by Crippen LogP contribution is -2.02. The zero-order valence-corrected chi connectivity index (χ0v) is 14.4. The van der Waals surface area contributed by atoms with E-state index in [-0.39, 0.29) is 5.28 Å². The number of allylic oxidation sites excluding steroid dienone is 2. The molecule has 0 N–H and O–H groups in total. The van der Waals surface area contributed by atoms with Gasteiger partial charge in [-0.05, 0) is 48.6 Å². The molecule has 0 bridgehead atoms. The fraction of sp³-hybridized carbons (Fsp3) is 0.333. The minimum Gasteiger partial charge on any atom is -0.487 e. The van der Waals surface area contributed by atoms with Crippen LogP contribution in [0.5, 0.6) is 11.6 Å². The van der Waals surface area contributed by atoms with Crippen molar-refractivity contribution in [3.8, 4) is 11.6 Å². The minimum absolute atomic E-state index is 0.138. The molecule has 0 aliphatic carbocycles. The fourth-order valence-corrected chi connectivity index (χ4v) is 2.26. The number of rotatable bonds is 7. The molecule has 0 aliphatic rings. The number of halogens is 1. The molecule has 122 valence electrons. The predicted octanol–water partition coefficient (Wildman–Crippen LogP) is 4.92. The van der Waals surface area contributed by atoms with E-state index in [1.807, 2.05) is 19.1 Å². The van der Waals surface area contributed by atoms with Gasteiger partial charge in [-0.15, -0.1) is 0 Å². The van der Waals surface area contributed by atoms with Gasteiger partial charge in [-0.3, -0.25) is 0 Å². The van der Waals surface area contributed by atoms with Crippen molar-refractivity contribution in [2.24, 2.45) is 0 Å². The summed E-state index contributed by atoms with van der Waals surface area (Å²) in [4.78, 5) is 7.98. The van der Waals surface area contributed by atoms with E-state index in [2.05, 4.69) is 42.0 Å². The number of aromatic nitrogens is 2. The number of hydrogen-bond acceptors (Lipinski definition) is 4. The van der Waals surface area contributed by atoms with E-state index in [4.69, 9.17) is 21.1 Å². The highest BCUT2D eigenvalue weighted by molar-refractivity contribution is 6.28. The molecule has 0 fully saturated rings. The largest absolute Gasteiger partial charge is 0.487 e. The minimum atomic E-state index is 0.138. The second kappa shape index (κ2) is 8.53. The molecule has 0 saturated heterocycles. The Labute approximate surface area is 142 Å². The summed E-state index contributed by atoms with van der Waals surface area (Å²) in [5, 5.41) is 0.138. The monoisotopic (exact) mass is 332 g/mol. The first-order valence-electron chi connectivity index (χ1n) is 7.68. The molecule has 1 heterocycles. The number of benzene rings is 1. The van der Waals surface area contributed by atoms with Gasteiger partial charge in [0.15, 0.2) is 5.75 Å². The molecule has 1 aromatic heterocycles. The summed E-state index contributed by atoms with van der Waals surface area (Å²) in [5.41, 5.74) is 3.55. The summed E-state index contributed by atoms with van der Waals surface area (Å²) < 4.78 is 11.2. The molecule has 0 spiro atoms. The van der Waals surface area contributed by atoms with Gasteiger partial charge in [0, 0.05) is 0 Å². The van der Waals surface area contributed by atoms with Crippen molar-refractivity contribution in [3.05, 3.63) is 52.9 Å². The van der Waals surface area contributed by atoms with Crippen molar-refractivity contribution in [2.75, 3.05) is 6.61 Å². The van der Waals surface area contributed by atoms with Gasteiger partial charge in [0.2, 0.25) is 5.28 Å². The van der Waals surface area contributed by atoms with Gasteiger partial charge in [0.25, 0.3) is 5.88 Å². The van der Waals surface area contributed by atoms with E-state index in [1.54, 1.807) is 0 Å². The lowest BCUT2D eigenvalue weighted by Gasteiger charge is -2.11. The first-order chi connectivity index (χ1) is 11.1. The molecule has 5 heteroatoms. The van der Waals surface area contributed by atoms with Gasteiger partial charge in [-0.2, -0.15) is 4.98 Å². The molecule has 23 heavy (non-hydrogen) atoms. The number of hydrogen-bond donors (Lipinski definition) is 0. The lowest BCUT2D eigenvalue weighted by molar-refractivity contribution is 0.257.